The van der Waals surface area contributed by atoms with Gasteiger partial charge in [-0.1, -0.05) is 18.2 Å². The minimum Gasteiger partial charge on any atom is -0.456 e. The van der Waals surface area contributed by atoms with Gasteiger partial charge in [-0.25, -0.2) is 18.2 Å². The third-order valence-electron chi connectivity index (χ3n) is 6.02. The number of ether oxygens (including phenoxy) is 2. The van der Waals surface area contributed by atoms with E-state index >= 15 is 0 Å². The standard InChI is InChI=1S/C28H33N3O7S2/c1-28(2,3)38-27(34)18-7-5-17(6-8-18)19-9-12-21-22(15-19)39-26(31-21)24(40(35,36)14-13-37-4)25(33)29-16-23(32)30-20-10-11-20/h5-9,12,15,20,24H,10-11,13-14,16H2,1-4H3,(H,29,33)(H,30,32). The highest BCUT2D eigenvalue weighted by Crippen LogP contribution is 2.34. The highest BCUT2D eigenvalue weighted by atomic mass is 32.2. The number of carbonyl (C=O) groups is 3. The normalized spacial score (nSPS) is 14.5. The van der Waals surface area contributed by atoms with Crippen LogP contribution in [0.15, 0.2) is 42.5 Å². The van der Waals surface area contributed by atoms with E-state index in [1.807, 2.05) is 12.1 Å². The molecule has 1 unspecified atom stereocenters. The van der Waals surface area contributed by atoms with Gasteiger partial charge < -0.3 is 20.1 Å². The van der Waals surface area contributed by atoms with Gasteiger partial charge in [-0.3, -0.25) is 9.59 Å². The third kappa shape index (κ3) is 7.64. The number of sulfone groups is 1. The van der Waals surface area contributed by atoms with Gasteiger partial charge in [-0.2, -0.15) is 0 Å². The molecule has 2 N–H and O–H groups in total. The topological polar surface area (TPSA) is 141 Å². The lowest BCUT2D eigenvalue weighted by atomic mass is 10.0. The average molecular weight is 588 g/mol. The Morgan fingerprint density at radius 3 is 2.38 bits per heavy atom. The molecule has 0 aliphatic heterocycles. The molecule has 0 spiro atoms. The molecule has 1 saturated carbocycles. The summed E-state index contributed by atoms with van der Waals surface area (Å²) in [5, 5.41) is 3.76. The fourth-order valence-corrected chi connectivity index (χ4v) is 6.86. The number of methoxy groups -OCH3 is 1. The molecule has 1 atom stereocenters. The van der Waals surface area contributed by atoms with E-state index in [1.165, 1.54) is 7.11 Å². The summed E-state index contributed by atoms with van der Waals surface area (Å²) in [6, 6.07) is 12.6. The molecule has 1 heterocycles. The predicted molar refractivity (Wildman–Crippen MR) is 153 cm³/mol. The maximum Gasteiger partial charge on any atom is 0.338 e. The van der Waals surface area contributed by atoms with Crippen molar-refractivity contribution in [3.63, 3.8) is 0 Å². The van der Waals surface area contributed by atoms with Gasteiger partial charge in [-0.15, -0.1) is 11.3 Å². The highest BCUT2D eigenvalue weighted by Gasteiger charge is 2.37. The first-order chi connectivity index (χ1) is 18.9. The molecule has 1 aliphatic carbocycles. The monoisotopic (exact) mass is 587 g/mol. The molecular formula is C28H33N3O7S2. The zero-order valence-corrected chi connectivity index (χ0v) is 24.5. The van der Waals surface area contributed by atoms with Gasteiger partial charge in [0, 0.05) is 13.2 Å². The summed E-state index contributed by atoms with van der Waals surface area (Å²) < 4.78 is 37.4. The van der Waals surface area contributed by atoms with E-state index in [1.54, 1.807) is 51.1 Å². The Kier molecular flexibility index (Phi) is 8.91. The number of rotatable bonds is 11. The van der Waals surface area contributed by atoms with Gasteiger partial charge in [-0.05, 0) is 69.0 Å². The van der Waals surface area contributed by atoms with Crippen LogP contribution in [0.5, 0.6) is 0 Å². The SMILES string of the molecule is COCCS(=O)(=O)C(C(=O)NCC(=O)NC1CC1)c1nc2ccc(-c3ccc(C(=O)OC(C)(C)C)cc3)cc2s1. The van der Waals surface area contributed by atoms with Crippen molar-refractivity contribution in [1.29, 1.82) is 0 Å². The number of carbonyl (C=O) groups excluding carboxylic acids is 3. The average Bonchev–Trinajstić information content (AvgIpc) is 3.60. The minimum atomic E-state index is -4.00. The number of thiazole rings is 1. The number of amides is 2. The van der Waals surface area contributed by atoms with Crippen LogP contribution in [-0.4, -0.2) is 68.8 Å². The Balaban J connectivity index is 1.58. The number of esters is 1. The van der Waals surface area contributed by atoms with Crippen molar-refractivity contribution in [2.75, 3.05) is 26.0 Å². The number of hydrogen-bond donors (Lipinski definition) is 2. The lowest BCUT2D eigenvalue weighted by molar-refractivity contribution is -0.126. The van der Waals surface area contributed by atoms with Gasteiger partial charge in [0.2, 0.25) is 11.8 Å². The van der Waals surface area contributed by atoms with E-state index in [-0.39, 0.29) is 35.9 Å². The molecule has 2 amide bonds. The quantitative estimate of drug-likeness (QED) is 0.325. The molecule has 1 fully saturated rings. The van der Waals surface area contributed by atoms with Crippen LogP contribution in [0.4, 0.5) is 0 Å². The maximum atomic E-state index is 13.2. The number of hydrogen-bond acceptors (Lipinski definition) is 9. The maximum absolute atomic E-state index is 13.2. The van der Waals surface area contributed by atoms with Crippen molar-refractivity contribution in [3.8, 4) is 11.1 Å². The summed E-state index contributed by atoms with van der Waals surface area (Å²) in [6.45, 7) is 5.02. The first-order valence-corrected chi connectivity index (χ1v) is 15.4. The summed E-state index contributed by atoms with van der Waals surface area (Å²) in [6.07, 6.45) is 1.80. The Bertz CT molecular complexity index is 1500. The Morgan fingerprint density at radius 1 is 1.07 bits per heavy atom. The molecule has 1 aromatic heterocycles. The van der Waals surface area contributed by atoms with E-state index in [9.17, 15) is 22.8 Å². The molecule has 0 saturated heterocycles. The van der Waals surface area contributed by atoms with Crippen LogP contribution < -0.4 is 10.6 Å². The second-order valence-corrected chi connectivity index (χ2v) is 13.9. The van der Waals surface area contributed by atoms with Crippen molar-refractivity contribution < 1.29 is 32.3 Å². The highest BCUT2D eigenvalue weighted by molar-refractivity contribution is 7.92. The van der Waals surface area contributed by atoms with Crippen LogP contribution in [0, 0.1) is 0 Å². The summed E-state index contributed by atoms with van der Waals surface area (Å²) in [4.78, 5) is 42.0. The number of aromatic nitrogens is 1. The van der Waals surface area contributed by atoms with Gasteiger partial charge in [0.25, 0.3) is 0 Å². The van der Waals surface area contributed by atoms with Crippen molar-refractivity contribution in [1.82, 2.24) is 15.6 Å². The Morgan fingerprint density at radius 2 is 1.75 bits per heavy atom. The number of fused-ring (bicyclic) bond motifs is 1. The van der Waals surface area contributed by atoms with Crippen LogP contribution in [0.3, 0.4) is 0 Å². The van der Waals surface area contributed by atoms with E-state index in [0.717, 1.165) is 35.3 Å². The van der Waals surface area contributed by atoms with E-state index in [0.29, 0.717) is 15.8 Å². The van der Waals surface area contributed by atoms with Crippen LogP contribution >= 0.6 is 11.3 Å². The molecular weight excluding hydrogens is 554 g/mol. The van der Waals surface area contributed by atoms with Crippen LogP contribution in [0.2, 0.25) is 0 Å². The summed E-state index contributed by atoms with van der Waals surface area (Å²) in [5.41, 5.74) is 2.05. The first-order valence-electron chi connectivity index (χ1n) is 12.9. The lowest BCUT2D eigenvalue weighted by Gasteiger charge is -2.19. The van der Waals surface area contributed by atoms with Crippen LogP contribution in [-0.2, 0) is 28.9 Å². The van der Waals surface area contributed by atoms with Crippen LogP contribution in [0.1, 0.15) is 54.2 Å². The van der Waals surface area contributed by atoms with Crippen molar-refractivity contribution in [2.24, 2.45) is 0 Å². The fourth-order valence-electron chi connectivity index (χ4n) is 3.88. The second kappa shape index (κ2) is 12.0. The van der Waals surface area contributed by atoms with Crippen molar-refractivity contribution >= 4 is 49.2 Å². The van der Waals surface area contributed by atoms with Gasteiger partial charge >= 0.3 is 5.97 Å². The van der Waals surface area contributed by atoms with Gasteiger partial charge in [0.15, 0.2) is 15.1 Å². The first kappa shape index (κ1) is 29.6. The Hall–Kier alpha value is -3.35. The second-order valence-electron chi connectivity index (χ2n) is 10.6. The molecule has 12 heteroatoms. The lowest BCUT2D eigenvalue weighted by Crippen LogP contribution is -2.41. The number of nitrogens with zero attached hydrogens (tertiary/aromatic N) is 1. The smallest absolute Gasteiger partial charge is 0.338 e. The third-order valence-corrected chi connectivity index (χ3v) is 9.14. The number of nitrogens with one attached hydrogen (secondary N) is 2. The minimum absolute atomic E-state index is 0.0807. The van der Waals surface area contributed by atoms with E-state index in [2.05, 4.69) is 15.6 Å². The molecule has 0 radical (unpaired) electrons. The van der Waals surface area contributed by atoms with E-state index in [4.69, 9.17) is 9.47 Å². The molecule has 3 aromatic rings. The number of benzene rings is 2. The largest absolute Gasteiger partial charge is 0.456 e. The van der Waals surface area contributed by atoms with Crippen molar-refractivity contribution in [2.45, 2.75) is 50.5 Å². The van der Waals surface area contributed by atoms with Gasteiger partial charge in [0.1, 0.15) is 10.6 Å². The Labute approximate surface area is 237 Å². The zero-order valence-electron chi connectivity index (χ0n) is 22.9. The molecule has 0 bridgehead atoms. The summed E-state index contributed by atoms with van der Waals surface area (Å²) >= 11 is 1.11. The van der Waals surface area contributed by atoms with Gasteiger partial charge in [0.05, 0.1) is 34.7 Å². The fraction of sp³-hybridized carbons (Fsp3) is 0.429. The molecule has 1 aliphatic rings. The summed E-state index contributed by atoms with van der Waals surface area (Å²) in [5.74, 6) is -1.96. The van der Waals surface area contributed by atoms with Crippen molar-refractivity contribution in [3.05, 3.63) is 53.0 Å². The zero-order chi connectivity index (χ0) is 29.1. The van der Waals surface area contributed by atoms with Crippen LogP contribution in [0.25, 0.3) is 21.3 Å². The molecule has 40 heavy (non-hydrogen) atoms. The predicted octanol–water partition coefficient (Wildman–Crippen LogP) is 3.42. The molecule has 2 aromatic carbocycles. The molecule has 10 nitrogen and oxygen atoms in total. The molecule has 4 rings (SSSR count). The summed E-state index contributed by atoms with van der Waals surface area (Å²) in [7, 11) is -2.62. The molecule has 214 valence electrons. The van der Waals surface area contributed by atoms with E-state index < -0.39 is 32.6 Å².